The first-order valence-corrected chi connectivity index (χ1v) is 18.8. The first-order chi connectivity index (χ1) is 26.8. The van der Waals surface area contributed by atoms with Crippen molar-refractivity contribution >= 4 is 64.2 Å². The molecular formula is C48H29N5S. The highest BCUT2D eigenvalue weighted by atomic mass is 32.1. The van der Waals surface area contributed by atoms with Gasteiger partial charge in [0, 0.05) is 64.3 Å². The third kappa shape index (κ3) is 4.92. The van der Waals surface area contributed by atoms with Crippen molar-refractivity contribution in [1.82, 2.24) is 24.5 Å². The molecule has 0 bridgehead atoms. The van der Waals surface area contributed by atoms with E-state index in [4.69, 9.17) is 19.9 Å². The van der Waals surface area contributed by atoms with Crippen molar-refractivity contribution < 1.29 is 0 Å². The Morgan fingerprint density at radius 3 is 1.65 bits per heavy atom. The molecule has 0 saturated heterocycles. The Bertz CT molecular complexity index is 3170. The van der Waals surface area contributed by atoms with Crippen LogP contribution in [0, 0.1) is 0 Å². The van der Waals surface area contributed by atoms with Crippen molar-refractivity contribution in [2.45, 2.75) is 0 Å². The number of pyridine rings is 1. The molecule has 0 atom stereocenters. The minimum absolute atomic E-state index is 0.620. The monoisotopic (exact) mass is 707 g/mol. The topological polar surface area (TPSA) is 56.5 Å². The smallest absolute Gasteiger partial charge is 0.164 e. The average Bonchev–Trinajstić information content (AvgIpc) is 3.80. The lowest BCUT2D eigenvalue weighted by molar-refractivity contribution is 1.07. The molecule has 4 aromatic heterocycles. The number of hydrogen-bond acceptors (Lipinski definition) is 5. The zero-order valence-electron chi connectivity index (χ0n) is 28.9. The van der Waals surface area contributed by atoms with Crippen LogP contribution in [0.4, 0.5) is 0 Å². The van der Waals surface area contributed by atoms with E-state index >= 15 is 0 Å². The lowest BCUT2D eigenvalue weighted by atomic mass is 10.0. The maximum Gasteiger partial charge on any atom is 0.164 e. The van der Waals surface area contributed by atoms with Crippen LogP contribution in [0.25, 0.3) is 104 Å². The second-order valence-electron chi connectivity index (χ2n) is 13.5. The highest BCUT2D eigenvalue weighted by Crippen LogP contribution is 2.44. The van der Waals surface area contributed by atoms with Gasteiger partial charge >= 0.3 is 0 Å². The molecule has 54 heavy (non-hydrogen) atoms. The van der Waals surface area contributed by atoms with E-state index < -0.39 is 0 Å². The molecule has 5 nitrogen and oxygen atoms in total. The highest BCUT2D eigenvalue weighted by Gasteiger charge is 2.19. The number of aromatic nitrogens is 5. The number of hydrogen-bond donors (Lipinski definition) is 0. The summed E-state index contributed by atoms with van der Waals surface area (Å²) in [5, 5.41) is 5.90. The summed E-state index contributed by atoms with van der Waals surface area (Å²) in [5.74, 6) is 1.87. The van der Waals surface area contributed by atoms with Gasteiger partial charge in [-0.3, -0.25) is 0 Å². The van der Waals surface area contributed by atoms with Gasteiger partial charge in [-0.25, -0.2) is 19.9 Å². The molecule has 0 amide bonds. The molecule has 252 valence electrons. The van der Waals surface area contributed by atoms with E-state index in [2.05, 4.69) is 156 Å². The predicted octanol–water partition coefficient (Wildman–Crippen LogP) is 12.6. The summed E-state index contributed by atoms with van der Waals surface area (Å²) in [5.41, 5.74) is 9.21. The highest BCUT2D eigenvalue weighted by molar-refractivity contribution is 7.26. The van der Waals surface area contributed by atoms with Gasteiger partial charge in [-0.2, -0.15) is 0 Å². The van der Waals surface area contributed by atoms with Crippen LogP contribution in [-0.4, -0.2) is 24.5 Å². The number of rotatable bonds is 5. The molecule has 0 unspecified atom stereocenters. The quantitative estimate of drug-likeness (QED) is 0.179. The van der Waals surface area contributed by atoms with Crippen molar-refractivity contribution in [3.63, 3.8) is 0 Å². The molecule has 7 aromatic carbocycles. The number of nitrogens with zero attached hydrogens (tertiary/aromatic N) is 5. The van der Waals surface area contributed by atoms with Crippen molar-refractivity contribution in [2.75, 3.05) is 0 Å². The molecule has 4 heterocycles. The van der Waals surface area contributed by atoms with Crippen LogP contribution in [-0.2, 0) is 0 Å². The van der Waals surface area contributed by atoms with Gasteiger partial charge < -0.3 is 4.57 Å². The Kier molecular flexibility index (Phi) is 6.97. The van der Waals surface area contributed by atoms with Gasteiger partial charge in [0.25, 0.3) is 0 Å². The normalized spacial score (nSPS) is 11.7. The molecule has 0 saturated carbocycles. The Hall–Kier alpha value is -7.02. The zero-order chi connectivity index (χ0) is 35.6. The summed E-state index contributed by atoms with van der Waals surface area (Å²) in [6, 6.07) is 61.3. The minimum atomic E-state index is 0.620. The number of fused-ring (bicyclic) bond motifs is 8. The first-order valence-electron chi connectivity index (χ1n) is 18.0. The Balaban J connectivity index is 1.12. The summed E-state index contributed by atoms with van der Waals surface area (Å²) in [6.45, 7) is 0. The van der Waals surface area contributed by atoms with Gasteiger partial charge in [0.15, 0.2) is 17.5 Å². The van der Waals surface area contributed by atoms with Crippen LogP contribution in [0.1, 0.15) is 0 Å². The van der Waals surface area contributed by atoms with Gasteiger partial charge in [-0.05, 0) is 48.5 Å². The van der Waals surface area contributed by atoms with Crippen molar-refractivity contribution in [3.05, 3.63) is 176 Å². The molecule has 11 aromatic rings. The molecule has 0 aliphatic carbocycles. The molecule has 0 radical (unpaired) electrons. The summed E-state index contributed by atoms with van der Waals surface area (Å²) in [4.78, 5) is 20.7. The van der Waals surface area contributed by atoms with E-state index in [0.717, 1.165) is 66.3 Å². The van der Waals surface area contributed by atoms with Crippen LogP contribution in [0.15, 0.2) is 176 Å². The van der Waals surface area contributed by atoms with E-state index in [9.17, 15) is 0 Å². The van der Waals surface area contributed by atoms with Crippen LogP contribution in [0.5, 0.6) is 0 Å². The van der Waals surface area contributed by atoms with E-state index in [0.29, 0.717) is 17.5 Å². The third-order valence-electron chi connectivity index (χ3n) is 10.2. The van der Waals surface area contributed by atoms with E-state index in [1.165, 1.54) is 20.2 Å². The summed E-state index contributed by atoms with van der Waals surface area (Å²) in [6.07, 6.45) is 0. The molecule has 0 N–H and O–H groups in total. The number of para-hydroxylation sites is 3. The third-order valence-corrected chi connectivity index (χ3v) is 11.4. The van der Waals surface area contributed by atoms with Crippen LogP contribution in [0.2, 0.25) is 0 Å². The minimum Gasteiger partial charge on any atom is -0.309 e. The van der Waals surface area contributed by atoms with Gasteiger partial charge in [0.1, 0.15) is 0 Å². The van der Waals surface area contributed by atoms with E-state index in [-0.39, 0.29) is 0 Å². The fourth-order valence-corrected chi connectivity index (χ4v) is 8.96. The number of benzene rings is 7. The summed E-state index contributed by atoms with van der Waals surface area (Å²) in [7, 11) is 0. The fraction of sp³-hybridized carbons (Fsp3) is 0. The first kappa shape index (κ1) is 30.6. The van der Waals surface area contributed by atoms with Crippen molar-refractivity contribution in [3.8, 4) is 51.1 Å². The largest absolute Gasteiger partial charge is 0.309 e. The maximum absolute atomic E-state index is 5.24. The second kappa shape index (κ2) is 12.3. The van der Waals surface area contributed by atoms with Gasteiger partial charge in [-0.15, -0.1) is 11.3 Å². The molecule has 0 fully saturated rings. The molecule has 0 aliphatic rings. The summed E-state index contributed by atoms with van der Waals surface area (Å²) < 4.78 is 4.75. The SMILES string of the molecule is c1ccc(-c2nc(-c3cccc(-n4c5ccccc5c5ccccc54)c3)nc(-c3ccc4sc5c6ccccc6nc(-c6ccccc6)c5c4c3)n2)cc1. The Labute approximate surface area is 314 Å². The zero-order valence-corrected chi connectivity index (χ0v) is 29.7. The predicted molar refractivity (Wildman–Crippen MR) is 224 cm³/mol. The van der Waals surface area contributed by atoms with Crippen LogP contribution < -0.4 is 0 Å². The molecule has 0 spiro atoms. The molecular weight excluding hydrogens is 679 g/mol. The molecule has 6 heteroatoms. The average molecular weight is 708 g/mol. The van der Waals surface area contributed by atoms with E-state index in [1.54, 1.807) is 0 Å². The van der Waals surface area contributed by atoms with Crippen LogP contribution in [0.3, 0.4) is 0 Å². The Morgan fingerprint density at radius 1 is 0.389 bits per heavy atom. The number of thiophene rings is 1. The van der Waals surface area contributed by atoms with Crippen LogP contribution >= 0.6 is 11.3 Å². The van der Waals surface area contributed by atoms with E-state index in [1.807, 2.05) is 35.6 Å². The van der Waals surface area contributed by atoms with Crippen molar-refractivity contribution in [1.29, 1.82) is 0 Å². The fourth-order valence-electron chi connectivity index (χ4n) is 7.74. The summed E-state index contributed by atoms with van der Waals surface area (Å²) >= 11 is 1.81. The standard InChI is InChI=1S/C48H29N5S/c1-3-14-30(15-4-1)44-43-38-29-33(26-27-42(38)54-45(43)37-22-7-10-23-39(37)49-44)48-51-46(31-16-5-2-6-17-31)50-47(52-48)32-18-13-19-34(28-32)53-40-24-11-8-20-35(40)36-21-9-12-25-41(36)53/h1-29H. The van der Waals surface area contributed by atoms with Gasteiger partial charge in [0.05, 0.1) is 22.2 Å². The van der Waals surface area contributed by atoms with Gasteiger partial charge in [-0.1, -0.05) is 127 Å². The molecule has 0 aliphatic heterocycles. The maximum atomic E-state index is 5.24. The van der Waals surface area contributed by atoms with Crippen molar-refractivity contribution in [2.24, 2.45) is 0 Å². The Morgan fingerprint density at radius 2 is 0.944 bits per heavy atom. The second-order valence-corrected chi connectivity index (χ2v) is 14.5. The lowest BCUT2D eigenvalue weighted by Crippen LogP contribution is -2.01. The lowest BCUT2D eigenvalue weighted by Gasteiger charge is -2.12. The molecule has 11 rings (SSSR count). The van der Waals surface area contributed by atoms with Gasteiger partial charge in [0.2, 0.25) is 0 Å².